The van der Waals surface area contributed by atoms with Gasteiger partial charge in [0, 0.05) is 5.56 Å². The van der Waals surface area contributed by atoms with Crippen LogP contribution in [0.1, 0.15) is 17.0 Å². The number of halogens is 1. The Morgan fingerprint density at radius 1 is 1.11 bits per heavy atom. The molecule has 0 saturated heterocycles. The van der Waals surface area contributed by atoms with Gasteiger partial charge >= 0.3 is 0 Å². The topological polar surface area (TPSA) is 82.5 Å². The highest BCUT2D eigenvalue weighted by molar-refractivity contribution is 7.98. The van der Waals surface area contributed by atoms with Gasteiger partial charge in [0.05, 0.1) is 11.4 Å². The predicted molar refractivity (Wildman–Crippen MR) is 97.9 cm³/mol. The van der Waals surface area contributed by atoms with E-state index >= 15 is 0 Å². The molecule has 0 spiro atoms. The molecule has 136 valence electrons. The highest BCUT2D eigenvalue weighted by Gasteiger charge is 2.14. The molecule has 4 aromatic rings. The average Bonchev–Trinajstić information content (AvgIpc) is 3.32. The Kier molecular flexibility index (Phi) is 4.68. The minimum absolute atomic E-state index is 0.300. The van der Waals surface area contributed by atoms with Crippen LogP contribution in [0.5, 0.6) is 0 Å². The van der Waals surface area contributed by atoms with E-state index in [-0.39, 0.29) is 5.82 Å². The maximum atomic E-state index is 13.7. The normalized spacial score (nSPS) is 11.1. The van der Waals surface area contributed by atoms with Gasteiger partial charge in [-0.3, -0.25) is 0 Å². The van der Waals surface area contributed by atoms with Crippen LogP contribution in [-0.4, -0.2) is 30.3 Å². The van der Waals surface area contributed by atoms with Crippen molar-refractivity contribution in [2.24, 2.45) is 0 Å². The molecule has 0 amide bonds. The van der Waals surface area contributed by atoms with Crippen molar-refractivity contribution in [2.45, 2.75) is 24.8 Å². The molecule has 4 rings (SSSR count). The molecule has 9 heteroatoms. The number of hydrogen-bond acceptors (Lipinski definition) is 7. The van der Waals surface area contributed by atoms with Crippen LogP contribution in [0.4, 0.5) is 4.39 Å². The van der Waals surface area contributed by atoms with Crippen LogP contribution in [0.15, 0.2) is 52.1 Å². The van der Waals surface area contributed by atoms with Crippen LogP contribution in [-0.2, 0) is 5.75 Å². The van der Waals surface area contributed by atoms with Crippen LogP contribution in [0, 0.1) is 19.7 Å². The van der Waals surface area contributed by atoms with Gasteiger partial charge in [-0.15, -0.1) is 5.10 Å². The fourth-order valence-electron chi connectivity index (χ4n) is 2.51. The molecule has 2 aromatic carbocycles. The van der Waals surface area contributed by atoms with Gasteiger partial charge in [0.1, 0.15) is 5.82 Å². The van der Waals surface area contributed by atoms with Crippen molar-refractivity contribution in [3.05, 3.63) is 65.3 Å². The maximum absolute atomic E-state index is 13.7. The van der Waals surface area contributed by atoms with E-state index in [9.17, 15) is 4.39 Å². The van der Waals surface area contributed by atoms with Crippen LogP contribution < -0.4 is 0 Å². The summed E-state index contributed by atoms with van der Waals surface area (Å²) in [6.07, 6.45) is 0. The molecule has 7 nitrogen and oxygen atoms in total. The molecule has 0 aliphatic rings. The summed E-state index contributed by atoms with van der Waals surface area (Å²) in [5.74, 6) is 0.858. The summed E-state index contributed by atoms with van der Waals surface area (Å²) in [6, 6.07) is 12.7. The number of para-hydroxylation sites is 1. The summed E-state index contributed by atoms with van der Waals surface area (Å²) < 4.78 is 20.7. The summed E-state index contributed by atoms with van der Waals surface area (Å²) in [7, 11) is 0. The van der Waals surface area contributed by atoms with E-state index in [1.807, 2.05) is 31.2 Å². The molecule has 0 bridgehead atoms. The Morgan fingerprint density at radius 2 is 1.96 bits per heavy atom. The minimum Gasteiger partial charge on any atom is -0.338 e. The summed E-state index contributed by atoms with van der Waals surface area (Å²) in [6.45, 7) is 3.70. The molecule has 0 N–H and O–H groups in total. The van der Waals surface area contributed by atoms with Gasteiger partial charge in [0.25, 0.3) is 0 Å². The van der Waals surface area contributed by atoms with E-state index in [0.29, 0.717) is 33.8 Å². The lowest BCUT2D eigenvalue weighted by molar-refractivity contribution is 0.391. The largest absolute Gasteiger partial charge is 0.338 e. The molecule has 0 fully saturated rings. The average molecular weight is 382 g/mol. The molecule has 0 aliphatic carbocycles. The Morgan fingerprint density at radius 3 is 2.78 bits per heavy atom. The van der Waals surface area contributed by atoms with Crippen LogP contribution in [0.2, 0.25) is 0 Å². The molecule has 0 saturated carbocycles. The van der Waals surface area contributed by atoms with Gasteiger partial charge in [-0.2, -0.15) is 9.67 Å². The summed E-state index contributed by atoms with van der Waals surface area (Å²) in [5, 5.41) is 16.4. The zero-order valence-corrected chi connectivity index (χ0v) is 15.4. The summed E-state index contributed by atoms with van der Waals surface area (Å²) in [5.41, 5.74) is 3.11. The number of aromatic nitrogens is 6. The molecule has 0 aliphatic heterocycles. The highest BCUT2D eigenvalue weighted by Crippen LogP contribution is 2.25. The molecule has 0 radical (unpaired) electrons. The van der Waals surface area contributed by atoms with Crippen molar-refractivity contribution < 1.29 is 8.91 Å². The molecule has 27 heavy (non-hydrogen) atoms. The number of tetrazole rings is 1. The SMILES string of the molecule is Cc1ccc(-c2noc(CSc3nnnn3-c3ccccc3C)n2)cc1F. The number of thioether (sulfide) groups is 1. The fourth-order valence-corrected chi connectivity index (χ4v) is 3.23. The second-order valence-corrected chi connectivity index (χ2v) is 6.87. The van der Waals surface area contributed by atoms with Crippen LogP contribution >= 0.6 is 11.8 Å². The monoisotopic (exact) mass is 382 g/mol. The number of aryl methyl sites for hydroxylation is 2. The van der Waals surface area contributed by atoms with E-state index in [1.165, 1.54) is 17.8 Å². The molecule has 2 aromatic heterocycles. The van der Waals surface area contributed by atoms with Crippen molar-refractivity contribution in [3.8, 4) is 17.1 Å². The van der Waals surface area contributed by atoms with Gasteiger partial charge < -0.3 is 4.52 Å². The fraction of sp³-hybridized carbons (Fsp3) is 0.167. The Hall–Kier alpha value is -3.07. The van der Waals surface area contributed by atoms with Gasteiger partial charge in [-0.25, -0.2) is 4.39 Å². The predicted octanol–water partition coefficient (Wildman–Crippen LogP) is 3.76. The minimum atomic E-state index is -0.300. The van der Waals surface area contributed by atoms with Crippen molar-refractivity contribution in [1.82, 2.24) is 30.3 Å². The number of rotatable bonds is 5. The van der Waals surface area contributed by atoms with Crippen molar-refractivity contribution in [2.75, 3.05) is 0 Å². The van der Waals surface area contributed by atoms with Crippen LogP contribution in [0.25, 0.3) is 17.1 Å². The maximum Gasteiger partial charge on any atom is 0.237 e. The molecule has 0 atom stereocenters. The van der Waals surface area contributed by atoms with Gasteiger partial charge in [0.2, 0.25) is 16.9 Å². The standard InChI is InChI=1S/C18H15FN6OS/c1-11-7-8-13(9-14(11)19)17-20-16(26-22-17)10-27-18-21-23-24-25(18)15-6-4-3-5-12(15)2/h3-9H,10H2,1-2H3. The van der Waals surface area contributed by atoms with Gasteiger partial charge in [0.15, 0.2) is 0 Å². The third-order valence-corrected chi connectivity index (χ3v) is 4.91. The van der Waals surface area contributed by atoms with Crippen LogP contribution in [0.3, 0.4) is 0 Å². The van der Waals surface area contributed by atoms with E-state index < -0.39 is 0 Å². The summed E-state index contributed by atoms with van der Waals surface area (Å²) in [4.78, 5) is 4.33. The highest BCUT2D eigenvalue weighted by atomic mass is 32.2. The summed E-state index contributed by atoms with van der Waals surface area (Å²) >= 11 is 1.38. The third kappa shape index (κ3) is 3.59. The lowest BCUT2D eigenvalue weighted by Crippen LogP contribution is -2.01. The number of benzene rings is 2. The third-order valence-electron chi connectivity index (χ3n) is 4.01. The first-order valence-corrected chi connectivity index (χ1v) is 9.16. The van der Waals surface area contributed by atoms with E-state index in [2.05, 4.69) is 25.7 Å². The first-order chi connectivity index (χ1) is 13.1. The molecule has 0 unspecified atom stereocenters. The van der Waals surface area contributed by atoms with Gasteiger partial charge in [-0.1, -0.05) is 47.3 Å². The zero-order chi connectivity index (χ0) is 18.8. The lowest BCUT2D eigenvalue weighted by atomic mass is 10.1. The quantitative estimate of drug-likeness (QED) is 0.486. The molecule has 2 heterocycles. The Balaban J connectivity index is 1.51. The van der Waals surface area contributed by atoms with E-state index in [4.69, 9.17) is 4.52 Å². The molecular weight excluding hydrogens is 367 g/mol. The number of nitrogens with zero attached hydrogens (tertiary/aromatic N) is 6. The Labute approximate surface area is 158 Å². The van der Waals surface area contributed by atoms with Crippen molar-refractivity contribution in [1.29, 1.82) is 0 Å². The smallest absolute Gasteiger partial charge is 0.237 e. The van der Waals surface area contributed by atoms with Crippen molar-refractivity contribution >= 4 is 11.8 Å². The van der Waals surface area contributed by atoms with Gasteiger partial charge in [-0.05, 0) is 47.5 Å². The van der Waals surface area contributed by atoms with E-state index in [1.54, 1.807) is 23.7 Å². The lowest BCUT2D eigenvalue weighted by Gasteiger charge is -2.06. The molecular formula is C18H15FN6OS. The second-order valence-electron chi connectivity index (χ2n) is 5.92. The Bertz CT molecular complexity index is 1090. The number of hydrogen-bond donors (Lipinski definition) is 0. The van der Waals surface area contributed by atoms with Crippen molar-refractivity contribution in [3.63, 3.8) is 0 Å². The zero-order valence-electron chi connectivity index (χ0n) is 14.6. The van der Waals surface area contributed by atoms with E-state index in [0.717, 1.165) is 11.3 Å². The first kappa shape index (κ1) is 17.3. The second kappa shape index (κ2) is 7.28. The first-order valence-electron chi connectivity index (χ1n) is 8.18.